The van der Waals surface area contributed by atoms with Crippen LogP contribution >= 0.6 is 48.8 Å². The van der Waals surface area contributed by atoms with E-state index in [1.165, 1.54) is 25.3 Å². The van der Waals surface area contributed by atoms with Crippen LogP contribution in [0.5, 0.6) is 46.0 Å². The third kappa shape index (κ3) is 23.9. The number of carboxylic acid groups (broad SMARTS) is 2. The summed E-state index contributed by atoms with van der Waals surface area (Å²) in [7, 11) is 6.44. The van der Waals surface area contributed by atoms with Crippen LogP contribution in [0.2, 0.25) is 5.15 Å². The number of benzene rings is 12. The molecule has 140 heavy (non-hydrogen) atoms. The molecule has 4 aromatic heterocycles. The molecule has 4 atom stereocenters. The highest BCUT2D eigenvalue weighted by molar-refractivity contribution is 6.34. The van der Waals surface area contributed by atoms with E-state index in [1.54, 1.807) is 28.4 Å². The molecule has 0 radical (unpaired) electrons. The number of rotatable bonds is 25. The van der Waals surface area contributed by atoms with Gasteiger partial charge in [-0.3, -0.25) is 4.79 Å². The van der Waals surface area contributed by atoms with Crippen molar-refractivity contribution in [2.24, 2.45) is 0 Å². The van der Waals surface area contributed by atoms with Gasteiger partial charge >= 0.3 is 23.9 Å². The molecule has 4 aliphatic heterocycles. The largest absolute Gasteiger partial charge is 0.493 e. The summed E-state index contributed by atoms with van der Waals surface area (Å²) >= 11 is 5.81. The first-order chi connectivity index (χ1) is 67.1. The topological polar surface area (TPSA) is 326 Å². The normalized spacial score (nSPS) is 14.6. The number of aliphatic carboxylic acids is 2. The van der Waals surface area contributed by atoms with Crippen molar-refractivity contribution in [2.75, 3.05) is 56.4 Å². The van der Waals surface area contributed by atoms with Crippen LogP contribution < -0.4 is 57.9 Å². The van der Waals surface area contributed by atoms with Gasteiger partial charge in [0.2, 0.25) is 0 Å². The third-order valence-corrected chi connectivity index (χ3v) is 24.2. The van der Waals surface area contributed by atoms with Crippen molar-refractivity contribution in [3.05, 3.63) is 364 Å². The second-order valence-electron chi connectivity index (χ2n) is 32.2. The number of esters is 2. The summed E-state index contributed by atoms with van der Waals surface area (Å²) in [6, 6.07) is 83.4. The SMILES string of the molecule is CCOC(=O)C1Cc2c(ccc(OC)c2OCc2ccccc2)CN1.CCOC(=O)C1Cc2c(ccc(OC)c2OCc2ccccc2)CN1c1ncnc2ccccc12.COc1ccc2c(c1OCc1ccccc1)CC(C(=O)O)N(c1ncnc3ccccc13)C2.COc1ccc2c(c1OCc1ccccc1)CC(C(=O)O)N(c1ncnc3ccccc13)C2.Cl.Cl.Cl.Clc1ncnc2ccccc12. The second-order valence-corrected chi connectivity index (χ2v) is 32.6. The van der Waals surface area contributed by atoms with Crippen LogP contribution in [-0.2, 0) is 107 Å². The van der Waals surface area contributed by atoms with Gasteiger partial charge in [0.25, 0.3) is 0 Å². The standard InChI is InChI=1S/C28H27N3O4.2C26H23N3O4.C20H23NO4.C8H5ClN2.3ClH/c1-3-34-28(32)24-15-22-20(16-31(24)27-21-11-7-8-12-23(21)29-18-30-27)13-14-25(33-2)26(22)35-17-19-9-5-4-6-10-19;2*1-32-23-12-11-18-14-29(25-19-9-5-6-10-21(19)27-16-28-25)22(26(30)31)13-20(18)24(23)33-15-17-7-3-2-4-8-17;1-3-24-20(22)17-11-16-15(12-21-17)9-10-18(23-2)19(16)25-13-14-7-5-4-6-8-14;9-8-6-3-1-2-4-7(6)10-5-11-8;;;/h4-14,18,24H,3,15-17H2,1-2H3;2*2-12,16,22H,13-15H2,1H3,(H,30,31);4-10,17,21H,3,11-13H2,1-2H3;1-5H;3*1H. The van der Waals surface area contributed by atoms with E-state index in [9.17, 15) is 29.4 Å². The molecule has 4 aliphatic rings. The van der Waals surface area contributed by atoms with E-state index in [4.69, 9.17) is 59.0 Å². The fourth-order valence-electron chi connectivity index (χ4n) is 17.2. The number of aromatic nitrogens is 8. The summed E-state index contributed by atoms with van der Waals surface area (Å²) in [4.78, 5) is 90.2. The molecule has 3 N–H and O–H groups in total. The number of methoxy groups -OCH3 is 4. The van der Waals surface area contributed by atoms with E-state index in [0.717, 1.165) is 110 Å². The minimum atomic E-state index is -0.917. The molecule has 0 saturated heterocycles. The minimum absolute atomic E-state index is 0. The van der Waals surface area contributed by atoms with Crippen LogP contribution in [-0.4, -0.2) is 140 Å². The molecule has 16 aromatic rings. The highest BCUT2D eigenvalue weighted by Gasteiger charge is 2.41. The molecule has 0 aliphatic carbocycles. The molecule has 0 amide bonds. The summed E-state index contributed by atoms with van der Waals surface area (Å²) in [5.41, 5.74) is 15.3. The van der Waals surface area contributed by atoms with Crippen molar-refractivity contribution in [1.82, 2.24) is 45.2 Å². The Morgan fingerprint density at radius 2 is 0.614 bits per heavy atom. The second kappa shape index (κ2) is 49.2. The first-order valence-electron chi connectivity index (χ1n) is 44.8. The lowest BCUT2D eigenvalue weighted by atomic mass is 9.92. The minimum Gasteiger partial charge on any atom is -0.493 e. The number of carbonyl (C=O) groups excluding carboxylic acids is 2. The van der Waals surface area contributed by atoms with Gasteiger partial charge in [0.1, 0.15) is 98.5 Å². The van der Waals surface area contributed by atoms with Crippen molar-refractivity contribution < 1.29 is 76.8 Å². The van der Waals surface area contributed by atoms with E-state index in [0.29, 0.717) is 147 Å². The number of nitrogens with zero attached hydrogens (tertiary/aromatic N) is 11. The number of fused-ring (bicyclic) bond motifs is 8. The zero-order chi connectivity index (χ0) is 95.1. The van der Waals surface area contributed by atoms with Crippen molar-refractivity contribution in [1.29, 1.82) is 0 Å². The number of para-hydroxylation sites is 4. The average molecular weight is 1970 g/mol. The first-order valence-corrected chi connectivity index (χ1v) is 45.2. The van der Waals surface area contributed by atoms with Crippen molar-refractivity contribution in [3.63, 3.8) is 0 Å². The number of carbonyl (C=O) groups is 4. The van der Waals surface area contributed by atoms with Crippen LogP contribution in [0.15, 0.2) is 292 Å². The maximum atomic E-state index is 13.2. The Kier molecular flexibility index (Phi) is 35.9. The van der Waals surface area contributed by atoms with E-state index < -0.39 is 30.1 Å². The first kappa shape index (κ1) is 102. The third-order valence-electron chi connectivity index (χ3n) is 23.9. The zero-order valence-electron chi connectivity index (χ0n) is 77.6. The van der Waals surface area contributed by atoms with E-state index >= 15 is 0 Å². The summed E-state index contributed by atoms with van der Waals surface area (Å²) in [6.45, 7) is 7.74. The van der Waals surface area contributed by atoms with Crippen molar-refractivity contribution >= 4 is 134 Å². The highest BCUT2D eigenvalue weighted by atomic mass is 35.5. The van der Waals surface area contributed by atoms with Crippen LogP contribution in [0.3, 0.4) is 0 Å². The molecule has 12 aromatic carbocycles. The van der Waals surface area contributed by atoms with Crippen molar-refractivity contribution in [2.45, 2.75) is 116 Å². The Bertz CT molecular complexity index is 6720. The number of hydrogen-bond donors (Lipinski definition) is 3. The Labute approximate surface area is 833 Å². The fraction of sp³-hybridized carbons (Fsp3) is 0.222. The molecule has 4 unspecified atom stereocenters. The van der Waals surface area contributed by atoms with Crippen molar-refractivity contribution in [3.8, 4) is 46.0 Å². The molecule has 28 nitrogen and oxygen atoms in total. The van der Waals surface area contributed by atoms with Gasteiger partial charge in [0.15, 0.2) is 46.0 Å². The lowest BCUT2D eigenvalue weighted by molar-refractivity contribution is -0.146. The fourth-order valence-corrected chi connectivity index (χ4v) is 17.4. The van der Waals surface area contributed by atoms with Gasteiger partial charge in [-0.05, 0) is 131 Å². The van der Waals surface area contributed by atoms with Crippen LogP contribution in [0.1, 0.15) is 80.6 Å². The summed E-state index contributed by atoms with van der Waals surface area (Å²) in [6.07, 6.45) is 7.43. The maximum Gasteiger partial charge on any atom is 0.329 e. The summed E-state index contributed by atoms with van der Waals surface area (Å²) < 4.78 is 57.6. The van der Waals surface area contributed by atoms with Crippen LogP contribution in [0.4, 0.5) is 17.5 Å². The van der Waals surface area contributed by atoms with Gasteiger partial charge in [-0.25, -0.2) is 54.3 Å². The smallest absolute Gasteiger partial charge is 0.329 e. The van der Waals surface area contributed by atoms with E-state index in [2.05, 4.69) is 45.2 Å². The van der Waals surface area contributed by atoms with E-state index in [1.807, 2.05) is 295 Å². The monoisotopic (exact) mass is 1960 g/mol. The van der Waals surface area contributed by atoms with Gasteiger partial charge in [-0.1, -0.05) is 206 Å². The maximum absolute atomic E-state index is 13.2. The Hall–Kier alpha value is -15.2. The van der Waals surface area contributed by atoms with Crippen LogP contribution in [0, 0.1) is 0 Å². The number of ether oxygens (including phenoxy) is 10. The predicted molar refractivity (Wildman–Crippen MR) is 544 cm³/mol. The molecule has 0 fully saturated rings. The van der Waals surface area contributed by atoms with Gasteiger partial charge in [0.05, 0.1) is 63.7 Å². The van der Waals surface area contributed by atoms with Crippen LogP contribution in [0.25, 0.3) is 43.6 Å². The van der Waals surface area contributed by atoms with Gasteiger partial charge < -0.3 is 77.6 Å². The van der Waals surface area contributed by atoms with Gasteiger partial charge in [-0.15, -0.1) is 37.2 Å². The zero-order valence-corrected chi connectivity index (χ0v) is 80.8. The lowest BCUT2D eigenvalue weighted by Crippen LogP contribution is -2.47. The molecule has 8 heterocycles. The molecular formula is C108H104Cl4N12O16. The van der Waals surface area contributed by atoms with E-state index in [-0.39, 0.29) is 68.0 Å². The molecule has 20 rings (SSSR count). The quantitative estimate of drug-likeness (QED) is 0.0353. The molecular weight excluding hydrogens is 1860 g/mol. The molecule has 32 heteroatoms. The number of halogens is 4. The Morgan fingerprint density at radius 1 is 0.336 bits per heavy atom. The number of anilines is 3. The molecule has 0 saturated carbocycles. The number of carboxylic acids is 2. The molecule has 0 spiro atoms. The van der Waals surface area contributed by atoms with Gasteiger partial charge in [0, 0.05) is 95.7 Å². The molecule has 720 valence electrons. The summed E-state index contributed by atoms with van der Waals surface area (Å²) in [5, 5.41) is 27.4. The summed E-state index contributed by atoms with van der Waals surface area (Å²) in [5.74, 6) is 4.64. The Balaban J connectivity index is 0.000000151. The highest BCUT2D eigenvalue weighted by Crippen LogP contribution is 2.46. The average Bonchev–Trinajstić information content (AvgIpc) is 0.762. The Morgan fingerprint density at radius 3 is 0.936 bits per heavy atom. The predicted octanol–water partition coefficient (Wildman–Crippen LogP) is 19.6. The number of hydrogen-bond acceptors (Lipinski definition) is 26. The number of nitrogens with one attached hydrogen (secondary N) is 1. The lowest BCUT2D eigenvalue weighted by Gasteiger charge is -2.37. The van der Waals surface area contributed by atoms with Gasteiger partial charge in [-0.2, -0.15) is 0 Å². The molecule has 0 bridgehead atoms.